The summed E-state index contributed by atoms with van der Waals surface area (Å²) >= 11 is 0. The smallest absolute Gasteiger partial charge is 0.290 e. The molecule has 4 unspecified atom stereocenters. The van der Waals surface area contributed by atoms with Gasteiger partial charge in [-0.15, -0.1) is 0 Å². The van der Waals surface area contributed by atoms with Gasteiger partial charge in [-0.1, -0.05) is 19.1 Å². The number of Topliss-reactive ketones (excluding diaryl/α,β-unsaturated/α-hetero) is 1. The molecule has 0 spiro atoms. The number of hydrogen-bond donors (Lipinski definition) is 0. The van der Waals surface area contributed by atoms with E-state index in [1.54, 1.807) is 0 Å². The second-order valence-electron chi connectivity index (χ2n) is 9.35. The molecule has 4 rings (SSSR count). The van der Waals surface area contributed by atoms with Crippen LogP contribution in [-0.2, 0) is 14.3 Å². The number of hydrogen-bond acceptors (Lipinski definition) is 5. The van der Waals surface area contributed by atoms with Crippen LogP contribution < -0.4 is 4.74 Å². The van der Waals surface area contributed by atoms with E-state index in [2.05, 4.69) is 11.8 Å². The van der Waals surface area contributed by atoms with Gasteiger partial charge < -0.3 is 19.3 Å². The molecule has 2 aliphatic heterocycles. The van der Waals surface area contributed by atoms with Gasteiger partial charge in [-0.2, -0.15) is 0 Å². The van der Waals surface area contributed by atoms with E-state index < -0.39 is 6.04 Å². The molecule has 3 aliphatic rings. The third kappa shape index (κ3) is 4.22. The molecule has 1 aromatic rings. The summed E-state index contributed by atoms with van der Waals surface area (Å²) in [4.78, 5) is 31.1. The van der Waals surface area contributed by atoms with E-state index in [9.17, 15) is 9.59 Å². The second kappa shape index (κ2) is 9.03. The zero-order valence-electron chi connectivity index (χ0n) is 19.1. The summed E-state index contributed by atoms with van der Waals surface area (Å²) in [5.74, 6) is 1.36. The van der Waals surface area contributed by atoms with Crippen LogP contribution in [0.3, 0.4) is 0 Å². The Balaban J connectivity index is 1.71. The molecule has 2 heterocycles. The van der Waals surface area contributed by atoms with E-state index in [0.29, 0.717) is 24.6 Å². The normalized spacial score (nSPS) is 28.0. The average molecular weight is 427 g/mol. The van der Waals surface area contributed by atoms with E-state index >= 15 is 0 Å². The lowest BCUT2D eigenvalue weighted by Crippen LogP contribution is -2.41. The molecule has 1 aromatic carbocycles. The minimum atomic E-state index is -0.407. The fourth-order valence-electron chi connectivity index (χ4n) is 5.20. The van der Waals surface area contributed by atoms with Gasteiger partial charge in [0.15, 0.2) is 11.5 Å². The molecule has 4 atom stereocenters. The van der Waals surface area contributed by atoms with Gasteiger partial charge in [-0.05, 0) is 76.9 Å². The Bertz CT molecular complexity index is 878. The first-order chi connectivity index (χ1) is 14.9. The lowest BCUT2D eigenvalue weighted by molar-refractivity contribution is -0.136. The minimum absolute atomic E-state index is 0.105. The number of ether oxygens (including phenoxy) is 2. The molecular weight excluding hydrogens is 392 g/mol. The van der Waals surface area contributed by atoms with Crippen molar-refractivity contribution in [3.8, 4) is 5.75 Å². The standard InChI is InChI=1S/C25H34N2O4/c1-5-30-18-9-6-8-17(15-18)22-21-23(28)19-14-16(2)10-11-20(19)31-24(21)25(29)27(22)13-7-12-26(3)4/h6,8-9,15-16,19-20,22H,5,7,10-14H2,1-4H3. The summed E-state index contributed by atoms with van der Waals surface area (Å²) in [5, 5.41) is 0. The van der Waals surface area contributed by atoms with E-state index in [1.807, 2.05) is 50.2 Å². The van der Waals surface area contributed by atoms with Crippen molar-refractivity contribution in [3.63, 3.8) is 0 Å². The maximum atomic E-state index is 13.7. The minimum Gasteiger partial charge on any atom is -0.494 e. The molecule has 0 N–H and O–H groups in total. The van der Waals surface area contributed by atoms with Crippen LogP contribution in [-0.4, -0.2) is 61.4 Å². The highest BCUT2D eigenvalue weighted by atomic mass is 16.5. The zero-order valence-corrected chi connectivity index (χ0v) is 19.1. The molecule has 0 aromatic heterocycles. The molecule has 6 heteroatoms. The third-order valence-electron chi connectivity index (χ3n) is 6.69. The Morgan fingerprint density at radius 3 is 2.77 bits per heavy atom. The summed E-state index contributed by atoms with van der Waals surface area (Å²) in [6.45, 7) is 6.16. The SMILES string of the molecule is CCOc1cccc(C2C3=C(OC4CCC(C)CC4C3=O)C(=O)N2CCCN(C)C)c1. The fraction of sp³-hybridized carbons (Fsp3) is 0.600. The van der Waals surface area contributed by atoms with Crippen LogP contribution in [0.15, 0.2) is 35.6 Å². The Kier molecular flexibility index (Phi) is 6.37. The first kappa shape index (κ1) is 21.9. The van der Waals surface area contributed by atoms with Crippen molar-refractivity contribution in [1.82, 2.24) is 9.80 Å². The van der Waals surface area contributed by atoms with Crippen molar-refractivity contribution in [1.29, 1.82) is 0 Å². The topological polar surface area (TPSA) is 59.1 Å². The van der Waals surface area contributed by atoms with Gasteiger partial charge in [0, 0.05) is 6.54 Å². The molecule has 168 valence electrons. The number of amides is 1. The van der Waals surface area contributed by atoms with E-state index in [-0.39, 0.29) is 29.5 Å². The highest BCUT2D eigenvalue weighted by molar-refractivity contribution is 6.11. The van der Waals surface area contributed by atoms with Gasteiger partial charge in [-0.25, -0.2) is 0 Å². The predicted octanol–water partition coefficient (Wildman–Crippen LogP) is 3.58. The largest absolute Gasteiger partial charge is 0.494 e. The molecule has 31 heavy (non-hydrogen) atoms. The lowest BCUT2D eigenvalue weighted by Gasteiger charge is -2.37. The summed E-state index contributed by atoms with van der Waals surface area (Å²) in [7, 11) is 4.05. The van der Waals surface area contributed by atoms with Crippen molar-refractivity contribution in [2.75, 3.05) is 33.8 Å². The molecular formula is C25H34N2O4. The van der Waals surface area contributed by atoms with Crippen LogP contribution in [0.5, 0.6) is 5.75 Å². The summed E-state index contributed by atoms with van der Waals surface area (Å²) in [6.07, 6.45) is 3.38. The van der Waals surface area contributed by atoms with E-state index in [4.69, 9.17) is 9.47 Å². The number of nitrogens with zero attached hydrogens (tertiary/aromatic N) is 2. The van der Waals surface area contributed by atoms with Crippen molar-refractivity contribution in [2.45, 2.75) is 51.7 Å². The third-order valence-corrected chi connectivity index (χ3v) is 6.69. The number of rotatable bonds is 7. The highest BCUT2D eigenvalue weighted by Gasteiger charge is 2.52. The Morgan fingerprint density at radius 1 is 1.23 bits per heavy atom. The number of carbonyl (C=O) groups is 2. The fourth-order valence-corrected chi connectivity index (χ4v) is 5.20. The maximum Gasteiger partial charge on any atom is 0.290 e. The molecule has 0 radical (unpaired) electrons. The van der Waals surface area contributed by atoms with Crippen LogP contribution in [0.1, 0.15) is 51.1 Å². The number of benzene rings is 1. The Labute approximate surface area is 185 Å². The van der Waals surface area contributed by atoms with Gasteiger partial charge in [-0.3, -0.25) is 9.59 Å². The lowest BCUT2D eigenvalue weighted by atomic mass is 9.74. The average Bonchev–Trinajstić information content (AvgIpc) is 3.01. The molecule has 0 saturated heterocycles. The quantitative estimate of drug-likeness (QED) is 0.667. The van der Waals surface area contributed by atoms with Gasteiger partial charge in [0.2, 0.25) is 0 Å². The number of fused-ring (bicyclic) bond motifs is 1. The first-order valence-corrected chi connectivity index (χ1v) is 11.5. The highest BCUT2D eigenvalue weighted by Crippen LogP contribution is 2.47. The maximum absolute atomic E-state index is 13.7. The van der Waals surface area contributed by atoms with Crippen molar-refractivity contribution >= 4 is 11.7 Å². The Morgan fingerprint density at radius 2 is 2.03 bits per heavy atom. The van der Waals surface area contributed by atoms with Crippen molar-refractivity contribution in [2.24, 2.45) is 11.8 Å². The monoisotopic (exact) mass is 426 g/mol. The number of ketones is 1. The van der Waals surface area contributed by atoms with Crippen LogP contribution in [0.2, 0.25) is 0 Å². The summed E-state index contributed by atoms with van der Waals surface area (Å²) in [6, 6.07) is 7.38. The first-order valence-electron chi connectivity index (χ1n) is 11.5. The molecule has 0 bridgehead atoms. The Hall–Kier alpha value is -2.34. The van der Waals surface area contributed by atoms with E-state index in [1.165, 1.54) is 0 Å². The number of carbonyl (C=O) groups excluding carboxylic acids is 2. The molecule has 6 nitrogen and oxygen atoms in total. The van der Waals surface area contributed by atoms with Gasteiger partial charge in [0.25, 0.3) is 5.91 Å². The second-order valence-corrected chi connectivity index (χ2v) is 9.35. The van der Waals surface area contributed by atoms with Crippen molar-refractivity contribution in [3.05, 3.63) is 41.2 Å². The van der Waals surface area contributed by atoms with Crippen LogP contribution in [0.4, 0.5) is 0 Å². The van der Waals surface area contributed by atoms with Gasteiger partial charge >= 0.3 is 0 Å². The summed E-state index contributed by atoms with van der Waals surface area (Å²) < 4.78 is 12.0. The zero-order chi connectivity index (χ0) is 22.1. The summed E-state index contributed by atoms with van der Waals surface area (Å²) in [5.41, 5.74) is 1.47. The molecule has 1 fully saturated rings. The molecule has 1 saturated carbocycles. The van der Waals surface area contributed by atoms with E-state index in [0.717, 1.165) is 43.5 Å². The van der Waals surface area contributed by atoms with Crippen molar-refractivity contribution < 1.29 is 19.1 Å². The predicted molar refractivity (Wildman–Crippen MR) is 119 cm³/mol. The van der Waals surface area contributed by atoms with Crippen LogP contribution >= 0.6 is 0 Å². The van der Waals surface area contributed by atoms with Gasteiger partial charge in [0.1, 0.15) is 11.9 Å². The van der Waals surface area contributed by atoms with Crippen LogP contribution in [0, 0.1) is 11.8 Å². The van der Waals surface area contributed by atoms with Crippen LogP contribution in [0.25, 0.3) is 0 Å². The van der Waals surface area contributed by atoms with Gasteiger partial charge in [0.05, 0.1) is 24.1 Å². The molecule has 1 amide bonds. The molecule has 1 aliphatic carbocycles.